The Morgan fingerprint density at radius 1 is 1.29 bits per heavy atom. The second kappa shape index (κ2) is 4.01. The zero-order valence-corrected chi connectivity index (χ0v) is 9.40. The molecule has 1 aliphatic heterocycles. The Balaban J connectivity index is 2.56. The maximum Gasteiger partial charge on any atom is 0.315 e. The predicted octanol–water partition coefficient (Wildman–Crippen LogP) is 1.28. The van der Waals surface area contributed by atoms with E-state index >= 15 is 0 Å². The molecule has 1 heterocycles. The van der Waals surface area contributed by atoms with Gasteiger partial charge in [0.15, 0.2) is 5.78 Å². The van der Waals surface area contributed by atoms with E-state index in [1.807, 2.05) is 0 Å². The smallest absolute Gasteiger partial charge is 0.315 e. The van der Waals surface area contributed by atoms with E-state index in [2.05, 4.69) is 0 Å². The van der Waals surface area contributed by atoms with Crippen LogP contribution in [0.25, 0.3) is 0 Å². The number of benzene rings is 1. The van der Waals surface area contributed by atoms with Crippen LogP contribution in [0.2, 0.25) is 0 Å². The van der Waals surface area contributed by atoms with Crippen LogP contribution >= 0.6 is 0 Å². The van der Waals surface area contributed by atoms with E-state index in [1.54, 1.807) is 0 Å². The van der Waals surface area contributed by atoms with Gasteiger partial charge in [0.25, 0.3) is 0 Å². The third-order valence-electron chi connectivity index (χ3n) is 2.38. The highest BCUT2D eigenvalue weighted by atomic mass is 16.5. The Bertz CT molecular complexity index is 530. The summed E-state index contributed by atoms with van der Waals surface area (Å²) in [7, 11) is 0. The molecule has 0 unspecified atom stereocenters. The zero-order valence-electron chi connectivity index (χ0n) is 9.40. The Kier molecular flexibility index (Phi) is 2.67. The third-order valence-corrected chi connectivity index (χ3v) is 2.38. The summed E-state index contributed by atoms with van der Waals surface area (Å²) >= 11 is 0. The fraction of sp³-hybridized carbons (Fsp3) is 0.250. The lowest BCUT2D eigenvalue weighted by Gasteiger charge is -2.09. The van der Waals surface area contributed by atoms with Crippen molar-refractivity contribution in [1.82, 2.24) is 0 Å². The first kappa shape index (κ1) is 11.3. The lowest BCUT2D eigenvalue weighted by Crippen LogP contribution is -2.08. The molecule has 0 aliphatic carbocycles. The van der Waals surface area contributed by atoms with Gasteiger partial charge in [0.2, 0.25) is 0 Å². The summed E-state index contributed by atoms with van der Waals surface area (Å²) in [6.45, 7) is 2.60. The number of hydrogen-bond donors (Lipinski definition) is 0. The SMILES string of the molecule is CC(=O)Oc1ccc2c(c1C(C)=O)CC(=O)O2. The van der Waals surface area contributed by atoms with E-state index in [0.717, 1.165) is 0 Å². The summed E-state index contributed by atoms with van der Waals surface area (Å²) < 4.78 is 9.87. The van der Waals surface area contributed by atoms with Crippen molar-refractivity contribution in [3.8, 4) is 11.5 Å². The van der Waals surface area contributed by atoms with Crippen LogP contribution in [0, 0.1) is 0 Å². The molecule has 0 amide bonds. The molecule has 88 valence electrons. The van der Waals surface area contributed by atoms with Gasteiger partial charge in [-0.15, -0.1) is 0 Å². The van der Waals surface area contributed by atoms with Gasteiger partial charge in [-0.05, 0) is 19.1 Å². The van der Waals surface area contributed by atoms with E-state index in [-0.39, 0.29) is 23.5 Å². The van der Waals surface area contributed by atoms with E-state index in [0.29, 0.717) is 11.3 Å². The standard InChI is InChI=1S/C12H10O5/c1-6(13)12-8-5-11(15)17-9(8)3-4-10(12)16-7(2)14/h3-4H,5H2,1-2H3. The number of carbonyl (C=O) groups is 3. The molecule has 1 aromatic rings. The molecule has 1 aliphatic rings. The van der Waals surface area contributed by atoms with Crippen molar-refractivity contribution in [2.24, 2.45) is 0 Å². The van der Waals surface area contributed by atoms with Crippen LogP contribution in [0.5, 0.6) is 11.5 Å². The maximum atomic E-state index is 11.6. The quantitative estimate of drug-likeness (QED) is 0.438. The monoisotopic (exact) mass is 234 g/mol. The summed E-state index contributed by atoms with van der Waals surface area (Å²) in [6, 6.07) is 2.97. The average Bonchev–Trinajstić information content (AvgIpc) is 2.56. The molecule has 0 bridgehead atoms. The number of rotatable bonds is 2. The van der Waals surface area contributed by atoms with Crippen molar-refractivity contribution < 1.29 is 23.9 Å². The molecule has 17 heavy (non-hydrogen) atoms. The van der Waals surface area contributed by atoms with Gasteiger partial charge in [-0.25, -0.2) is 0 Å². The number of Topliss-reactive ketones (excluding diaryl/α,β-unsaturated/α-hetero) is 1. The molecule has 0 aromatic heterocycles. The fourth-order valence-corrected chi connectivity index (χ4v) is 1.81. The molecule has 0 saturated carbocycles. The molecule has 2 rings (SSSR count). The molecule has 1 aromatic carbocycles. The van der Waals surface area contributed by atoms with Crippen molar-refractivity contribution in [3.63, 3.8) is 0 Å². The predicted molar refractivity (Wildman–Crippen MR) is 57.1 cm³/mol. The zero-order chi connectivity index (χ0) is 12.6. The number of ketones is 1. The summed E-state index contributed by atoms with van der Waals surface area (Å²) in [5.41, 5.74) is 0.727. The second-order valence-electron chi connectivity index (χ2n) is 3.72. The van der Waals surface area contributed by atoms with Crippen LogP contribution in [0.1, 0.15) is 29.8 Å². The van der Waals surface area contributed by atoms with Gasteiger partial charge in [0.05, 0.1) is 12.0 Å². The number of hydrogen-bond acceptors (Lipinski definition) is 5. The molecule has 5 nitrogen and oxygen atoms in total. The normalized spacial score (nSPS) is 12.9. The van der Waals surface area contributed by atoms with Crippen molar-refractivity contribution in [2.45, 2.75) is 20.3 Å². The minimum atomic E-state index is -0.516. The number of esters is 2. The lowest BCUT2D eigenvalue weighted by atomic mass is 10.0. The van der Waals surface area contributed by atoms with Gasteiger partial charge in [-0.3, -0.25) is 14.4 Å². The molecule has 0 radical (unpaired) electrons. The number of ether oxygens (including phenoxy) is 2. The number of carbonyl (C=O) groups excluding carboxylic acids is 3. The molecule has 5 heteroatoms. The highest BCUT2D eigenvalue weighted by Gasteiger charge is 2.28. The Morgan fingerprint density at radius 3 is 2.59 bits per heavy atom. The molecular weight excluding hydrogens is 224 g/mol. The minimum Gasteiger partial charge on any atom is -0.426 e. The third kappa shape index (κ3) is 2.04. The summed E-state index contributed by atoms with van der Waals surface area (Å²) in [4.78, 5) is 33.6. The average molecular weight is 234 g/mol. The molecule has 0 spiro atoms. The van der Waals surface area contributed by atoms with Crippen LogP contribution in [-0.4, -0.2) is 17.7 Å². The van der Waals surface area contributed by atoms with E-state index < -0.39 is 11.9 Å². The highest BCUT2D eigenvalue weighted by molar-refractivity contribution is 6.02. The topological polar surface area (TPSA) is 69.7 Å². The van der Waals surface area contributed by atoms with Gasteiger partial charge < -0.3 is 9.47 Å². The second-order valence-corrected chi connectivity index (χ2v) is 3.72. The Labute approximate surface area is 97.3 Å². The van der Waals surface area contributed by atoms with Crippen molar-refractivity contribution in [1.29, 1.82) is 0 Å². The van der Waals surface area contributed by atoms with Crippen molar-refractivity contribution >= 4 is 17.7 Å². The molecule has 0 N–H and O–H groups in total. The molecule has 0 fully saturated rings. The summed E-state index contributed by atoms with van der Waals surface area (Å²) in [5.74, 6) is -0.672. The first-order chi connectivity index (χ1) is 7.99. The molecule has 0 atom stereocenters. The first-order valence-electron chi connectivity index (χ1n) is 5.05. The lowest BCUT2D eigenvalue weighted by molar-refractivity contribution is -0.132. The summed E-state index contributed by atoms with van der Waals surface area (Å²) in [5, 5.41) is 0. The van der Waals surface area contributed by atoms with Crippen LogP contribution in [0.4, 0.5) is 0 Å². The number of fused-ring (bicyclic) bond motifs is 1. The first-order valence-corrected chi connectivity index (χ1v) is 5.05. The molecule has 0 saturated heterocycles. The van der Waals surface area contributed by atoms with E-state index in [4.69, 9.17) is 9.47 Å². The highest BCUT2D eigenvalue weighted by Crippen LogP contribution is 2.35. The van der Waals surface area contributed by atoms with Crippen LogP contribution < -0.4 is 9.47 Å². The Hall–Kier alpha value is -2.17. The van der Waals surface area contributed by atoms with Gasteiger partial charge in [0, 0.05) is 12.5 Å². The van der Waals surface area contributed by atoms with Crippen LogP contribution in [0.3, 0.4) is 0 Å². The van der Waals surface area contributed by atoms with Gasteiger partial charge >= 0.3 is 11.9 Å². The summed E-state index contributed by atoms with van der Waals surface area (Å²) in [6.07, 6.45) is 0.0271. The van der Waals surface area contributed by atoms with E-state index in [9.17, 15) is 14.4 Å². The van der Waals surface area contributed by atoms with Gasteiger partial charge in [-0.2, -0.15) is 0 Å². The van der Waals surface area contributed by atoms with Crippen LogP contribution in [0.15, 0.2) is 12.1 Å². The minimum absolute atomic E-state index is 0.0271. The van der Waals surface area contributed by atoms with Crippen molar-refractivity contribution in [2.75, 3.05) is 0 Å². The largest absolute Gasteiger partial charge is 0.426 e. The van der Waals surface area contributed by atoms with Crippen LogP contribution in [-0.2, 0) is 16.0 Å². The Morgan fingerprint density at radius 2 is 2.00 bits per heavy atom. The van der Waals surface area contributed by atoms with Gasteiger partial charge in [0.1, 0.15) is 11.5 Å². The maximum absolute atomic E-state index is 11.6. The fourth-order valence-electron chi connectivity index (χ4n) is 1.81. The van der Waals surface area contributed by atoms with Crippen molar-refractivity contribution in [3.05, 3.63) is 23.3 Å². The van der Waals surface area contributed by atoms with Gasteiger partial charge in [-0.1, -0.05) is 0 Å². The van der Waals surface area contributed by atoms with E-state index in [1.165, 1.54) is 26.0 Å². The molecular formula is C12H10O5.